The zero-order valence-electron chi connectivity index (χ0n) is 13.7. The van der Waals surface area contributed by atoms with Crippen molar-refractivity contribution in [3.05, 3.63) is 57.8 Å². The van der Waals surface area contributed by atoms with Crippen molar-refractivity contribution in [2.24, 2.45) is 0 Å². The summed E-state index contributed by atoms with van der Waals surface area (Å²) in [6.45, 7) is 4.14. The van der Waals surface area contributed by atoms with E-state index in [0.717, 1.165) is 11.1 Å². The van der Waals surface area contributed by atoms with Crippen molar-refractivity contribution >= 4 is 17.5 Å². The Bertz CT molecular complexity index is 798. The third-order valence-corrected chi connectivity index (χ3v) is 3.43. The fourth-order valence-electron chi connectivity index (χ4n) is 2.15. The zero-order chi connectivity index (χ0) is 17.5. The van der Waals surface area contributed by atoms with Gasteiger partial charge in [-0.25, -0.2) is 4.98 Å². The van der Waals surface area contributed by atoms with Gasteiger partial charge in [0.1, 0.15) is 6.42 Å². The van der Waals surface area contributed by atoms with Crippen molar-refractivity contribution in [3.63, 3.8) is 0 Å². The van der Waals surface area contributed by atoms with Crippen molar-refractivity contribution in [2.45, 2.75) is 26.7 Å². The molecule has 2 rings (SSSR count). The number of benzene rings is 1. The highest BCUT2D eigenvalue weighted by Crippen LogP contribution is 2.16. The summed E-state index contributed by atoms with van der Waals surface area (Å²) in [5, 5.41) is 5.38. The van der Waals surface area contributed by atoms with Gasteiger partial charge < -0.3 is 15.6 Å². The number of nitrogens with one attached hydrogen (secondary N) is 3. The average molecular weight is 328 g/mol. The molecule has 0 aliphatic carbocycles. The molecule has 0 saturated heterocycles. The van der Waals surface area contributed by atoms with Gasteiger partial charge in [-0.05, 0) is 31.0 Å². The lowest BCUT2D eigenvalue weighted by Crippen LogP contribution is -2.30. The maximum atomic E-state index is 11.9. The number of carbonyl (C=O) groups excluding carboxylic acids is 2. The topological polar surface area (TPSA) is 104 Å². The minimum atomic E-state index is -0.373. The van der Waals surface area contributed by atoms with Gasteiger partial charge in [0.25, 0.3) is 5.56 Å². The second-order valence-electron chi connectivity index (χ2n) is 5.55. The molecular weight excluding hydrogens is 308 g/mol. The normalized spacial score (nSPS) is 10.2. The van der Waals surface area contributed by atoms with Crippen molar-refractivity contribution in [2.75, 3.05) is 11.9 Å². The first kappa shape index (κ1) is 17.4. The van der Waals surface area contributed by atoms with E-state index in [4.69, 9.17) is 0 Å². The standard InChI is InChI=1S/C17H20N4O3/c1-11-3-4-12(2)14(7-11)21-17(24)9-16(23)18-6-5-13-8-15(22)20-10-19-13/h3-4,7-8,10H,5-6,9H2,1-2H3,(H,18,23)(H,21,24)(H,19,20,22). The first-order chi connectivity index (χ1) is 11.4. The molecule has 0 spiro atoms. The Labute approximate surface area is 139 Å². The summed E-state index contributed by atoms with van der Waals surface area (Å²) < 4.78 is 0. The number of hydrogen-bond acceptors (Lipinski definition) is 4. The van der Waals surface area contributed by atoms with Gasteiger partial charge in [0.2, 0.25) is 11.8 Å². The molecule has 0 saturated carbocycles. The number of nitrogens with zero attached hydrogens (tertiary/aromatic N) is 1. The molecule has 126 valence electrons. The number of carbonyl (C=O) groups is 2. The monoisotopic (exact) mass is 328 g/mol. The molecule has 24 heavy (non-hydrogen) atoms. The lowest BCUT2D eigenvalue weighted by molar-refractivity contribution is -0.126. The van der Waals surface area contributed by atoms with E-state index in [0.29, 0.717) is 24.3 Å². The Kier molecular flexibility index (Phi) is 5.83. The van der Waals surface area contributed by atoms with Crippen LogP contribution < -0.4 is 16.2 Å². The molecule has 3 N–H and O–H groups in total. The molecule has 1 heterocycles. The number of aromatic nitrogens is 2. The highest BCUT2D eigenvalue weighted by Gasteiger charge is 2.10. The molecule has 0 aliphatic heterocycles. The molecule has 2 amide bonds. The first-order valence-corrected chi connectivity index (χ1v) is 7.61. The molecule has 7 heteroatoms. The van der Waals surface area contributed by atoms with Crippen LogP contribution in [-0.2, 0) is 16.0 Å². The number of rotatable bonds is 6. The highest BCUT2D eigenvalue weighted by molar-refractivity contribution is 6.03. The Morgan fingerprint density at radius 3 is 2.71 bits per heavy atom. The van der Waals surface area contributed by atoms with E-state index in [1.807, 2.05) is 32.0 Å². The maximum absolute atomic E-state index is 11.9. The molecule has 1 aromatic heterocycles. The van der Waals surface area contributed by atoms with Crippen LogP contribution in [0, 0.1) is 13.8 Å². The van der Waals surface area contributed by atoms with E-state index in [1.54, 1.807) is 0 Å². The van der Waals surface area contributed by atoms with E-state index >= 15 is 0 Å². The van der Waals surface area contributed by atoms with Crippen LogP contribution in [0.25, 0.3) is 0 Å². The van der Waals surface area contributed by atoms with Crippen LogP contribution in [0.5, 0.6) is 0 Å². The molecule has 1 aromatic carbocycles. The molecular formula is C17H20N4O3. The number of aromatic amines is 1. The van der Waals surface area contributed by atoms with Crippen LogP contribution >= 0.6 is 0 Å². The first-order valence-electron chi connectivity index (χ1n) is 7.61. The highest BCUT2D eigenvalue weighted by atomic mass is 16.2. The second kappa shape index (κ2) is 8.05. The van der Waals surface area contributed by atoms with Gasteiger partial charge in [-0.3, -0.25) is 14.4 Å². The molecule has 0 bridgehead atoms. The Morgan fingerprint density at radius 2 is 1.96 bits per heavy atom. The van der Waals surface area contributed by atoms with Crippen LogP contribution in [0.1, 0.15) is 23.2 Å². The van der Waals surface area contributed by atoms with Gasteiger partial charge in [0, 0.05) is 30.4 Å². The summed E-state index contributed by atoms with van der Waals surface area (Å²) in [4.78, 5) is 41.3. The van der Waals surface area contributed by atoms with Crippen LogP contribution in [0.3, 0.4) is 0 Å². The lowest BCUT2D eigenvalue weighted by atomic mass is 10.1. The Hall–Kier alpha value is -2.96. The van der Waals surface area contributed by atoms with Crippen molar-refractivity contribution in [1.29, 1.82) is 0 Å². The van der Waals surface area contributed by atoms with Crippen LogP contribution in [-0.4, -0.2) is 28.3 Å². The maximum Gasteiger partial charge on any atom is 0.250 e. The fraction of sp³-hybridized carbons (Fsp3) is 0.294. The molecule has 0 fully saturated rings. The third-order valence-electron chi connectivity index (χ3n) is 3.43. The van der Waals surface area contributed by atoms with Crippen molar-refractivity contribution in [3.8, 4) is 0 Å². The van der Waals surface area contributed by atoms with E-state index < -0.39 is 0 Å². The van der Waals surface area contributed by atoms with Gasteiger partial charge >= 0.3 is 0 Å². The fourth-order valence-corrected chi connectivity index (χ4v) is 2.15. The van der Waals surface area contributed by atoms with E-state index in [1.165, 1.54) is 12.4 Å². The van der Waals surface area contributed by atoms with Gasteiger partial charge in [-0.1, -0.05) is 12.1 Å². The molecule has 0 aliphatic rings. The summed E-state index contributed by atoms with van der Waals surface area (Å²) in [6, 6.07) is 7.11. The van der Waals surface area contributed by atoms with E-state index in [9.17, 15) is 14.4 Å². The summed E-state index contributed by atoms with van der Waals surface area (Å²) in [5.41, 5.74) is 3.03. The largest absolute Gasteiger partial charge is 0.355 e. The smallest absolute Gasteiger partial charge is 0.250 e. The number of amides is 2. The summed E-state index contributed by atoms with van der Waals surface area (Å²) in [6.07, 6.45) is 1.49. The molecule has 0 atom stereocenters. The summed E-state index contributed by atoms with van der Waals surface area (Å²) in [7, 11) is 0. The molecule has 0 unspecified atom stereocenters. The summed E-state index contributed by atoms with van der Waals surface area (Å²) in [5.74, 6) is -0.738. The minimum Gasteiger partial charge on any atom is -0.355 e. The average Bonchev–Trinajstić information content (AvgIpc) is 2.51. The van der Waals surface area contributed by atoms with Crippen molar-refractivity contribution < 1.29 is 9.59 Å². The van der Waals surface area contributed by atoms with E-state index in [-0.39, 0.29) is 23.8 Å². The van der Waals surface area contributed by atoms with Crippen LogP contribution in [0.4, 0.5) is 5.69 Å². The quantitative estimate of drug-likeness (QED) is 0.690. The predicted molar refractivity (Wildman–Crippen MR) is 90.7 cm³/mol. The Morgan fingerprint density at radius 1 is 1.17 bits per heavy atom. The number of hydrogen-bond donors (Lipinski definition) is 3. The van der Waals surface area contributed by atoms with Crippen LogP contribution in [0.2, 0.25) is 0 Å². The van der Waals surface area contributed by atoms with Gasteiger partial charge in [0.15, 0.2) is 0 Å². The van der Waals surface area contributed by atoms with Gasteiger partial charge in [0.05, 0.1) is 6.33 Å². The van der Waals surface area contributed by atoms with Crippen LogP contribution in [0.15, 0.2) is 35.4 Å². The third kappa shape index (κ3) is 5.35. The zero-order valence-corrected chi connectivity index (χ0v) is 13.7. The molecule has 0 radical (unpaired) electrons. The minimum absolute atomic E-state index is 0.237. The Balaban J connectivity index is 1.78. The number of aryl methyl sites for hydroxylation is 2. The van der Waals surface area contributed by atoms with E-state index in [2.05, 4.69) is 20.6 Å². The molecule has 7 nitrogen and oxygen atoms in total. The second-order valence-corrected chi connectivity index (χ2v) is 5.55. The van der Waals surface area contributed by atoms with Gasteiger partial charge in [-0.15, -0.1) is 0 Å². The predicted octanol–water partition coefficient (Wildman–Crippen LogP) is 1.07. The number of H-pyrrole nitrogens is 1. The lowest BCUT2D eigenvalue weighted by Gasteiger charge is -2.09. The number of anilines is 1. The van der Waals surface area contributed by atoms with Gasteiger partial charge in [-0.2, -0.15) is 0 Å². The SMILES string of the molecule is Cc1ccc(C)c(NC(=O)CC(=O)NCCc2cc(=O)[nH]cn2)c1. The molecule has 2 aromatic rings. The van der Waals surface area contributed by atoms with Crippen molar-refractivity contribution in [1.82, 2.24) is 15.3 Å². The summed E-state index contributed by atoms with van der Waals surface area (Å²) >= 11 is 0.